The Morgan fingerprint density at radius 1 is 1.47 bits per heavy atom. The number of rotatable bonds is 5. The van der Waals surface area contributed by atoms with Crippen LogP contribution >= 0.6 is 0 Å². The number of imidazole rings is 1. The van der Waals surface area contributed by atoms with Gasteiger partial charge in [-0.15, -0.1) is 0 Å². The summed E-state index contributed by atoms with van der Waals surface area (Å²) >= 11 is 0. The molecule has 6 heteroatoms. The molecular weight excluding hydrogens is 222 g/mol. The highest BCUT2D eigenvalue weighted by molar-refractivity contribution is 5.68. The van der Waals surface area contributed by atoms with Crippen molar-refractivity contribution >= 4 is 5.97 Å². The first-order valence-corrected chi connectivity index (χ1v) is 5.00. The molecule has 88 valence electrons. The quantitative estimate of drug-likeness (QED) is 0.826. The van der Waals surface area contributed by atoms with E-state index in [0.29, 0.717) is 18.0 Å². The highest BCUT2D eigenvalue weighted by atomic mass is 16.5. The first-order valence-electron chi connectivity index (χ1n) is 5.00. The minimum Gasteiger partial charge on any atom is -0.480 e. The van der Waals surface area contributed by atoms with E-state index in [1.54, 1.807) is 37.1 Å². The van der Waals surface area contributed by atoms with Crippen LogP contribution in [0.5, 0.6) is 5.75 Å². The average Bonchev–Trinajstić information content (AvgIpc) is 2.80. The lowest BCUT2D eigenvalue weighted by Crippen LogP contribution is -2.12. The van der Waals surface area contributed by atoms with Crippen molar-refractivity contribution in [3.8, 4) is 5.75 Å². The van der Waals surface area contributed by atoms with E-state index in [1.807, 2.05) is 4.57 Å². The number of aliphatic carboxylic acids is 1. The van der Waals surface area contributed by atoms with Crippen molar-refractivity contribution in [1.82, 2.24) is 14.5 Å². The summed E-state index contributed by atoms with van der Waals surface area (Å²) in [5, 5.41) is 8.56. The monoisotopic (exact) mass is 233 g/mol. The number of carbonyl (C=O) groups is 1. The second-order valence-electron chi connectivity index (χ2n) is 3.37. The van der Waals surface area contributed by atoms with E-state index in [0.717, 1.165) is 0 Å². The van der Waals surface area contributed by atoms with Crippen molar-refractivity contribution in [1.29, 1.82) is 0 Å². The molecule has 0 saturated heterocycles. The molecule has 0 saturated carbocycles. The lowest BCUT2D eigenvalue weighted by molar-refractivity contribution is -0.139. The Labute approximate surface area is 97.5 Å². The van der Waals surface area contributed by atoms with Crippen LogP contribution in [0.15, 0.2) is 37.1 Å². The molecule has 0 amide bonds. The third kappa shape index (κ3) is 3.04. The Balaban J connectivity index is 2.13. The van der Waals surface area contributed by atoms with Crippen LogP contribution in [0.2, 0.25) is 0 Å². The number of aromatic nitrogens is 3. The van der Waals surface area contributed by atoms with Crippen molar-refractivity contribution in [2.45, 2.75) is 6.54 Å². The van der Waals surface area contributed by atoms with Gasteiger partial charge in [-0.25, -0.2) is 9.78 Å². The topological polar surface area (TPSA) is 77.2 Å². The van der Waals surface area contributed by atoms with Crippen molar-refractivity contribution in [3.63, 3.8) is 0 Å². The van der Waals surface area contributed by atoms with Crippen molar-refractivity contribution in [2.24, 2.45) is 0 Å². The van der Waals surface area contributed by atoms with Gasteiger partial charge in [0.05, 0.1) is 12.9 Å². The molecule has 0 bridgehead atoms. The highest BCUT2D eigenvalue weighted by Crippen LogP contribution is 2.16. The Kier molecular flexibility index (Phi) is 3.34. The summed E-state index contributed by atoms with van der Waals surface area (Å²) in [6.45, 7) is 0.123. The van der Waals surface area contributed by atoms with Crippen LogP contribution in [-0.2, 0) is 11.3 Å². The van der Waals surface area contributed by atoms with Gasteiger partial charge in [-0.05, 0) is 12.1 Å². The number of pyridine rings is 1. The molecule has 0 aliphatic carbocycles. The van der Waals surface area contributed by atoms with Gasteiger partial charge in [0.25, 0.3) is 0 Å². The molecule has 0 spiro atoms. The molecule has 2 rings (SSSR count). The molecule has 0 aromatic carbocycles. The molecule has 0 radical (unpaired) electrons. The van der Waals surface area contributed by atoms with Gasteiger partial charge in [0.2, 0.25) is 0 Å². The standard InChI is InChI=1S/C11H11N3O3/c15-11(16)7-17-10-2-1-3-13-9(10)6-14-5-4-12-8-14/h1-5,8H,6-7H2,(H,15,16). The van der Waals surface area contributed by atoms with Crippen LogP contribution < -0.4 is 4.74 Å². The molecule has 2 aromatic heterocycles. The number of carboxylic acids is 1. The molecule has 2 aromatic rings. The van der Waals surface area contributed by atoms with E-state index in [1.165, 1.54) is 0 Å². The zero-order valence-corrected chi connectivity index (χ0v) is 8.98. The molecule has 17 heavy (non-hydrogen) atoms. The molecule has 0 atom stereocenters. The molecule has 1 N–H and O–H groups in total. The molecule has 0 aliphatic rings. The Hall–Kier alpha value is -2.37. The number of hydrogen-bond acceptors (Lipinski definition) is 4. The van der Waals surface area contributed by atoms with Gasteiger partial charge >= 0.3 is 5.97 Å². The van der Waals surface area contributed by atoms with Crippen LogP contribution in [0.25, 0.3) is 0 Å². The van der Waals surface area contributed by atoms with Crippen molar-refractivity contribution < 1.29 is 14.6 Å². The zero-order chi connectivity index (χ0) is 12.1. The van der Waals surface area contributed by atoms with E-state index in [4.69, 9.17) is 9.84 Å². The fourth-order valence-electron chi connectivity index (χ4n) is 1.37. The van der Waals surface area contributed by atoms with E-state index in [9.17, 15) is 4.79 Å². The van der Waals surface area contributed by atoms with Crippen LogP contribution in [0, 0.1) is 0 Å². The first kappa shape index (κ1) is 11.1. The van der Waals surface area contributed by atoms with E-state index in [2.05, 4.69) is 9.97 Å². The number of nitrogens with zero attached hydrogens (tertiary/aromatic N) is 3. The Morgan fingerprint density at radius 3 is 3.06 bits per heavy atom. The number of carboxylic acid groups (broad SMARTS) is 1. The normalized spacial score (nSPS) is 10.1. The maximum Gasteiger partial charge on any atom is 0.341 e. The number of hydrogen-bond donors (Lipinski definition) is 1. The second kappa shape index (κ2) is 5.11. The minimum absolute atomic E-state index is 0.372. The minimum atomic E-state index is -1.01. The molecule has 2 heterocycles. The fraction of sp³-hybridized carbons (Fsp3) is 0.182. The summed E-state index contributed by atoms with van der Waals surface area (Å²) in [5.41, 5.74) is 0.673. The zero-order valence-electron chi connectivity index (χ0n) is 8.98. The molecular formula is C11H11N3O3. The maximum absolute atomic E-state index is 10.4. The molecule has 0 unspecified atom stereocenters. The van der Waals surface area contributed by atoms with E-state index >= 15 is 0 Å². The third-order valence-electron chi connectivity index (χ3n) is 2.09. The second-order valence-corrected chi connectivity index (χ2v) is 3.37. The van der Waals surface area contributed by atoms with E-state index < -0.39 is 5.97 Å². The van der Waals surface area contributed by atoms with Gasteiger partial charge in [0.15, 0.2) is 6.61 Å². The summed E-state index contributed by atoms with van der Waals surface area (Å²) in [4.78, 5) is 18.5. The van der Waals surface area contributed by atoms with Crippen molar-refractivity contribution in [2.75, 3.05) is 6.61 Å². The van der Waals surface area contributed by atoms with Crippen LogP contribution in [-0.4, -0.2) is 32.2 Å². The predicted molar refractivity (Wildman–Crippen MR) is 58.7 cm³/mol. The van der Waals surface area contributed by atoms with Gasteiger partial charge in [-0.1, -0.05) is 0 Å². The first-order chi connectivity index (χ1) is 8.25. The Bertz CT molecular complexity index is 496. The summed E-state index contributed by atoms with van der Waals surface area (Å²) in [6, 6.07) is 3.40. The van der Waals surface area contributed by atoms with Crippen LogP contribution in [0.4, 0.5) is 0 Å². The third-order valence-corrected chi connectivity index (χ3v) is 2.09. The smallest absolute Gasteiger partial charge is 0.341 e. The number of ether oxygens (including phenoxy) is 1. The van der Waals surface area contributed by atoms with Crippen LogP contribution in [0.3, 0.4) is 0 Å². The molecule has 0 fully saturated rings. The SMILES string of the molecule is O=C(O)COc1cccnc1Cn1ccnc1. The molecule has 0 aliphatic heterocycles. The van der Waals surface area contributed by atoms with Crippen molar-refractivity contribution in [3.05, 3.63) is 42.7 Å². The largest absolute Gasteiger partial charge is 0.480 e. The van der Waals surface area contributed by atoms with E-state index in [-0.39, 0.29) is 6.61 Å². The average molecular weight is 233 g/mol. The van der Waals surface area contributed by atoms with Gasteiger partial charge < -0.3 is 14.4 Å². The maximum atomic E-state index is 10.4. The lowest BCUT2D eigenvalue weighted by Gasteiger charge is -2.08. The van der Waals surface area contributed by atoms with Gasteiger partial charge in [0, 0.05) is 18.6 Å². The highest BCUT2D eigenvalue weighted by Gasteiger charge is 2.07. The lowest BCUT2D eigenvalue weighted by atomic mass is 10.3. The van der Waals surface area contributed by atoms with Gasteiger partial charge in [0.1, 0.15) is 11.4 Å². The molecule has 6 nitrogen and oxygen atoms in total. The summed E-state index contributed by atoms with van der Waals surface area (Å²) in [7, 11) is 0. The van der Waals surface area contributed by atoms with Gasteiger partial charge in [-0.2, -0.15) is 0 Å². The summed E-state index contributed by atoms with van der Waals surface area (Å²) in [6.07, 6.45) is 6.77. The Morgan fingerprint density at radius 2 is 2.35 bits per heavy atom. The summed E-state index contributed by atoms with van der Waals surface area (Å²) < 4.78 is 6.98. The van der Waals surface area contributed by atoms with Crippen LogP contribution in [0.1, 0.15) is 5.69 Å². The predicted octanol–water partition coefficient (Wildman–Crippen LogP) is 0.790. The summed E-state index contributed by atoms with van der Waals surface area (Å²) in [5.74, 6) is -0.536. The van der Waals surface area contributed by atoms with Gasteiger partial charge in [-0.3, -0.25) is 4.98 Å². The fourth-order valence-corrected chi connectivity index (χ4v) is 1.37.